The number of halogens is 1. The monoisotopic (exact) mass is 366 g/mol. The lowest BCUT2D eigenvalue weighted by Crippen LogP contribution is -2.44. The van der Waals surface area contributed by atoms with Crippen LogP contribution in [0.1, 0.15) is 26.2 Å². The summed E-state index contributed by atoms with van der Waals surface area (Å²) in [5.41, 5.74) is 0. The molecule has 2 heterocycles. The molecule has 19 heavy (non-hydrogen) atoms. The van der Waals surface area contributed by atoms with Gasteiger partial charge in [0.2, 0.25) is 0 Å². The third-order valence-corrected chi connectivity index (χ3v) is 7.50. The smallest absolute Gasteiger partial charge is 0.251 e. The van der Waals surface area contributed by atoms with Crippen molar-refractivity contribution in [3.63, 3.8) is 0 Å². The maximum Gasteiger partial charge on any atom is 0.251 e. The van der Waals surface area contributed by atoms with Gasteiger partial charge < -0.3 is 0 Å². The second-order valence-corrected chi connectivity index (χ2v) is 8.59. The number of nitrogens with zero attached hydrogens (tertiary/aromatic N) is 1. The van der Waals surface area contributed by atoms with E-state index < -0.39 is 10.0 Å². The van der Waals surface area contributed by atoms with Gasteiger partial charge in [0.15, 0.2) is 0 Å². The van der Waals surface area contributed by atoms with Crippen molar-refractivity contribution in [3.8, 4) is 0 Å². The Morgan fingerprint density at radius 1 is 1.42 bits per heavy atom. The van der Waals surface area contributed by atoms with Crippen LogP contribution in [0.3, 0.4) is 0 Å². The number of rotatable bonds is 5. The predicted molar refractivity (Wildman–Crippen MR) is 82.1 cm³/mol. The van der Waals surface area contributed by atoms with Gasteiger partial charge in [-0.15, -0.1) is 11.3 Å². The first-order valence-electron chi connectivity index (χ1n) is 6.47. The zero-order valence-corrected chi connectivity index (χ0v) is 14.2. The quantitative estimate of drug-likeness (QED) is 0.871. The van der Waals surface area contributed by atoms with Gasteiger partial charge in [-0.25, -0.2) is 13.1 Å². The topological polar surface area (TPSA) is 49.4 Å². The second-order valence-electron chi connectivity index (χ2n) is 4.85. The van der Waals surface area contributed by atoms with Gasteiger partial charge in [-0.1, -0.05) is 6.42 Å². The summed E-state index contributed by atoms with van der Waals surface area (Å²) in [7, 11) is -3.39. The minimum Gasteiger partial charge on any atom is -0.299 e. The molecule has 1 aromatic rings. The molecule has 0 bridgehead atoms. The van der Waals surface area contributed by atoms with E-state index in [0.29, 0.717) is 15.2 Å². The van der Waals surface area contributed by atoms with Crippen molar-refractivity contribution in [3.05, 3.63) is 15.9 Å². The summed E-state index contributed by atoms with van der Waals surface area (Å²) >= 11 is 4.50. The molecule has 1 aliphatic rings. The van der Waals surface area contributed by atoms with E-state index in [0.717, 1.165) is 13.1 Å². The molecule has 4 nitrogen and oxygen atoms in total. The molecular formula is C12H19BrN2O2S2. The molecule has 2 rings (SSSR count). The van der Waals surface area contributed by atoms with Gasteiger partial charge in [0.25, 0.3) is 10.0 Å². The van der Waals surface area contributed by atoms with Crippen LogP contribution in [0.25, 0.3) is 0 Å². The SMILES string of the molecule is CC(CNS(=O)(=O)c1sccc1Br)N1CCCCC1. The molecule has 1 aromatic heterocycles. The molecule has 1 unspecified atom stereocenters. The Morgan fingerprint density at radius 2 is 2.11 bits per heavy atom. The molecule has 7 heteroatoms. The number of hydrogen-bond acceptors (Lipinski definition) is 4. The Labute approximate surface area is 127 Å². The predicted octanol–water partition coefficient (Wildman–Crippen LogP) is 2.66. The molecule has 1 atom stereocenters. The van der Waals surface area contributed by atoms with Crippen molar-refractivity contribution < 1.29 is 8.42 Å². The summed E-state index contributed by atoms with van der Waals surface area (Å²) in [6.45, 7) is 4.70. The highest BCUT2D eigenvalue weighted by Gasteiger charge is 2.22. The molecule has 1 saturated heterocycles. The molecule has 108 valence electrons. The van der Waals surface area contributed by atoms with Gasteiger partial charge in [-0.3, -0.25) is 4.90 Å². The van der Waals surface area contributed by atoms with Crippen LogP contribution in [-0.2, 0) is 10.0 Å². The summed E-state index contributed by atoms with van der Waals surface area (Å²) < 4.78 is 28.0. The van der Waals surface area contributed by atoms with E-state index in [9.17, 15) is 8.42 Å². The lowest BCUT2D eigenvalue weighted by atomic mass is 10.1. The number of thiophene rings is 1. The molecular weight excluding hydrogens is 348 g/mol. The number of likely N-dealkylation sites (tertiary alicyclic amines) is 1. The molecule has 0 amide bonds. The van der Waals surface area contributed by atoms with Crippen LogP contribution >= 0.6 is 27.3 Å². The normalized spacial score (nSPS) is 19.5. The summed E-state index contributed by atoms with van der Waals surface area (Å²) in [5.74, 6) is 0. The van der Waals surface area contributed by atoms with Crippen molar-refractivity contribution in [1.29, 1.82) is 0 Å². The highest BCUT2D eigenvalue weighted by Crippen LogP contribution is 2.27. The van der Waals surface area contributed by atoms with Gasteiger partial charge in [-0.2, -0.15) is 0 Å². The highest BCUT2D eigenvalue weighted by atomic mass is 79.9. The minimum absolute atomic E-state index is 0.244. The van der Waals surface area contributed by atoms with Gasteiger partial charge in [0.05, 0.1) is 0 Å². The third kappa shape index (κ3) is 4.01. The zero-order chi connectivity index (χ0) is 13.9. The van der Waals surface area contributed by atoms with Crippen molar-refractivity contribution in [2.45, 2.75) is 36.4 Å². The highest BCUT2D eigenvalue weighted by molar-refractivity contribution is 9.10. The van der Waals surface area contributed by atoms with E-state index in [-0.39, 0.29) is 6.04 Å². The van der Waals surface area contributed by atoms with E-state index in [4.69, 9.17) is 0 Å². The maximum absolute atomic E-state index is 12.2. The maximum atomic E-state index is 12.2. The van der Waals surface area contributed by atoms with E-state index >= 15 is 0 Å². The minimum atomic E-state index is -3.39. The molecule has 1 fully saturated rings. The van der Waals surface area contributed by atoms with Crippen LogP contribution < -0.4 is 4.72 Å². The van der Waals surface area contributed by atoms with Crippen LogP contribution in [0.5, 0.6) is 0 Å². The molecule has 0 saturated carbocycles. The lowest BCUT2D eigenvalue weighted by molar-refractivity contribution is 0.175. The Hall–Kier alpha value is 0.0500. The summed E-state index contributed by atoms with van der Waals surface area (Å²) in [6.07, 6.45) is 3.72. The molecule has 1 aliphatic heterocycles. The van der Waals surface area contributed by atoms with Gasteiger partial charge in [0, 0.05) is 17.1 Å². The lowest BCUT2D eigenvalue weighted by Gasteiger charge is -2.32. The fourth-order valence-electron chi connectivity index (χ4n) is 2.26. The summed E-state index contributed by atoms with van der Waals surface area (Å²) in [6, 6.07) is 2.00. The van der Waals surface area contributed by atoms with E-state index in [2.05, 4.69) is 32.5 Å². The van der Waals surface area contributed by atoms with Gasteiger partial charge in [-0.05, 0) is 60.2 Å². The number of nitrogens with one attached hydrogen (secondary N) is 1. The molecule has 1 N–H and O–H groups in total. The van der Waals surface area contributed by atoms with Crippen LogP contribution in [0, 0.1) is 0 Å². The Morgan fingerprint density at radius 3 is 2.68 bits per heavy atom. The average molecular weight is 367 g/mol. The van der Waals surface area contributed by atoms with Crippen molar-refractivity contribution in [1.82, 2.24) is 9.62 Å². The fourth-order valence-corrected chi connectivity index (χ4v) is 5.76. The molecule has 0 spiro atoms. The Bertz CT molecular complexity index is 510. The van der Waals surface area contributed by atoms with E-state index in [1.165, 1.54) is 30.6 Å². The van der Waals surface area contributed by atoms with E-state index in [1.807, 2.05) is 0 Å². The first kappa shape index (κ1) is 15.4. The number of piperidine rings is 1. The first-order chi connectivity index (χ1) is 9.00. The first-order valence-corrected chi connectivity index (χ1v) is 9.63. The molecule has 0 radical (unpaired) electrons. The molecule has 0 aliphatic carbocycles. The van der Waals surface area contributed by atoms with Crippen molar-refractivity contribution in [2.24, 2.45) is 0 Å². The van der Waals surface area contributed by atoms with Crippen LogP contribution in [-0.4, -0.2) is 39.0 Å². The van der Waals surface area contributed by atoms with Crippen molar-refractivity contribution >= 4 is 37.3 Å². The number of sulfonamides is 1. The fraction of sp³-hybridized carbons (Fsp3) is 0.667. The van der Waals surface area contributed by atoms with Crippen LogP contribution in [0.2, 0.25) is 0 Å². The number of hydrogen-bond donors (Lipinski definition) is 1. The second kappa shape index (κ2) is 6.67. The van der Waals surface area contributed by atoms with Crippen molar-refractivity contribution in [2.75, 3.05) is 19.6 Å². The average Bonchev–Trinajstić information content (AvgIpc) is 2.84. The standard InChI is InChI=1S/C12H19BrN2O2S2/c1-10(15-6-3-2-4-7-15)9-14-19(16,17)12-11(13)5-8-18-12/h5,8,10,14H,2-4,6-7,9H2,1H3. The Kier molecular flexibility index (Phi) is 5.42. The summed E-state index contributed by atoms with van der Waals surface area (Å²) in [5, 5.41) is 1.77. The third-order valence-electron chi connectivity index (χ3n) is 3.41. The van der Waals surface area contributed by atoms with Gasteiger partial charge >= 0.3 is 0 Å². The van der Waals surface area contributed by atoms with E-state index in [1.54, 1.807) is 11.4 Å². The summed E-state index contributed by atoms with van der Waals surface area (Å²) in [4.78, 5) is 2.36. The largest absolute Gasteiger partial charge is 0.299 e. The zero-order valence-electron chi connectivity index (χ0n) is 10.9. The van der Waals surface area contributed by atoms with Crippen LogP contribution in [0.15, 0.2) is 20.1 Å². The van der Waals surface area contributed by atoms with Crippen LogP contribution in [0.4, 0.5) is 0 Å². The van der Waals surface area contributed by atoms with Gasteiger partial charge in [0.1, 0.15) is 4.21 Å². The Balaban J connectivity index is 1.92. The molecule has 0 aromatic carbocycles.